The van der Waals surface area contributed by atoms with E-state index in [1.54, 1.807) is 0 Å². The molecule has 2 nitrogen and oxygen atoms in total. The molecule has 1 aromatic rings. The molecule has 4 heteroatoms. The Kier molecular flexibility index (Phi) is 4.74. The van der Waals surface area contributed by atoms with Crippen molar-refractivity contribution in [1.82, 2.24) is 0 Å². The number of nitrogens with two attached hydrogens (primary N) is 1. The highest BCUT2D eigenvalue weighted by Crippen LogP contribution is 2.39. The Labute approximate surface area is 99.6 Å². The van der Waals surface area contributed by atoms with Gasteiger partial charge in [-0.3, -0.25) is 4.79 Å². The maximum absolute atomic E-state index is 12.6. The van der Waals surface area contributed by atoms with Crippen LogP contribution < -0.4 is 5.73 Å². The van der Waals surface area contributed by atoms with Gasteiger partial charge in [-0.05, 0) is 36.5 Å². The Hall–Kier alpha value is -1.09. The van der Waals surface area contributed by atoms with Crippen LogP contribution in [0.5, 0.6) is 0 Å². The van der Waals surface area contributed by atoms with E-state index in [0.717, 1.165) is 5.56 Å². The van der Waals surface area contributed by atoms with Gasteiger partial charge in [0.15, 0.2) is 0 Å². The van der Waals surface area contributed by atoms with E-state index in [1.165, 1.54) is 38.3 Å². The molecule has 88 valence electrons. The van der Waals surface area contributed by atoms with Crippen LogP contribution in [0.3, 0.4) is 0 Å². The fourth-order valence-corrected chi connectivity index (χ4v) is 1.87. The molecule has 0 spiro atoms. The topological polar surface area (TPSA) is 43.1 Å². The van der Waals surface area contributed by atoms with E-state index in [4.69, 9.17) is 11.6 Å². The summed E-state index contributed by atoms with van der Waals surface area (Å²) in [7, 11) is 0. The summed E-state index contributed by atoms with van der Waals surface area (Å²) >= 11 is 5.90. The van der Waals surface area contributed by atoms with Crippen molar-refractivity contribution < 1.29 is 9.18 Å². The minimum absolute atomic E-state index is 0.247. The Morgan fingerprint density at radius 3 is 2.44 bits per heavy atom. The third-order valence-corrected chi connectivity index (χ3v) is 2.83. The molecule has 1 fully saturated rings. The highest BCUT2D eigenvalue weighted by molar-refractivity contribution is 6.31. The first-order valence-electron chi connectivity index (χ1n) is 5.21. The van der Waals surface area contributed by atoms with Crippen molar-refractivity contribution in [2.75, 3.05) is 0 Å². The molecular weight excluding hydrogens is 229 g/mol. The van der Waals surface area contributed by atoms with Gasteiger partial charge in [0, 0.05) is 11.9 Å². The van der Waals surface area contributed by atoms with E-state index >= 15 is 0 Å². The van der Waals surface area contributed by atoms with Gasteiger partial charge in [0.05, 0.1) is 0 Å². The van der Waals surface area contributed by atoms with Gasteiger partial charge in [0.1, 0.15) is 5.82 Å². The van der Waals surface area contributed by atoms with Gasteiger partial charge < -0.3 is 5.73 Å². The molecule has 2 N–H and O–H groups in total. The first kappa shape index (κ1) is 13.0. The van der Waals surface area contributed by atoms with E-state index in [-0.39, 0.29) is 11.7 Å². The van der Waals surface area contributed by atoms with Gasteiger partial charge in [-0.25, -0.2) is 4.39 Å². The third kappa shape index (κ3) is 3.81. The fourth-order valence-electron chi connectivity index (χ4n) is 1.55. The minimum Gasteiger partial charge on any atom is -0.370 e. The van der Waals surface area contributed by atoms with E-state index in [1.807, 2.05) is 6.07 Å². The lowest BCUT2D eigenvalue weighted by Gasteiger charge is -2.26. The number of benzene rings is 1. The quantitative estimate of drug-likeness (QED) is 0.809. The maximum atomic E-state index is 12.6. The average Bonchev–Trinajstić information content (AvgIpc) is 2.05. The molecule has 1 aromatic carbocycles. The molecule has 1 saturated carbocycles. The summed E-state index contributed by atoms with van der Waals surface area (Å²) in [5, 5.41) is 0.583. The van der Waals surface area contributed by atoms with Crippen LogP contribution in [0.15, 0.2) is 18.2 Å². The molecule has 0 aliphatic heterocycles. The molecule has 16 heavy (non-hydrogen) atoms. The fraction of sp³-hybridized carbons (Fsp3) is 0.417. The Morgan fingerprint density at radius 1 is 1.50 bits per heavy atom. The van der Waals surface area contributed by atoms with Crippen LogP contribution >= 0.6 is 11.6 Å². The van der Waals surface area contributed by atoms with Crippen LogP contribution in [0.4, 0.5) is 4.39 Å². The van der Waals surface area contributed by atoms with E-state index in [9.17, 15) is 9.18 Å². The van der Waals surface area contributed by atoms with Crippen molar-refractivity contribution in [2.45, 2.75) is 32.1 Å². The van der Waals surface area contributed by atoms with Gasteiger partial charge in [0.2, 0.25) is 5.91 Å². The predicted molar refractivity (Wildman–Crippen MR) is 62.9 cm³/mol. The molecular formula is C12H15ClFNO. The van der Waals surface area contributed by atoms with Crippen molar-refractivity contribution in [3.63, 3.8) is 0 Å². The zero-order chi connectivity index (χ0) is 12.1. The van der Waals surface area contributed by atoms with Crippen molar-refractivity contribution >= 4 is 17.5 Å². The normalized spacial score (nSPS) is 14.7. The van der Waals surface area contributed by atoms with Crippen molar-refractivity contribution in [3.8, 4) is 0 Å². The molecule has 0 radical (unpaired) electrons. The first-order chi connectivity index (χ1) is 7.50. The number of hydrogen-bond donors (Lipinski definition) is 1. The van der Waals surface area contributed by atoms with Crippen LogP contribution in [0.1, 0.15) is 37.7 Å². The lowest BCUT2D eigenvalue weighted by Crippen LogP contribution is -2.09. The maximum Gasteiger partial charge on any atom is 0.214 e. The summed E-state index contributed by atoms with van der Waals surface area (Å²) in [6.07, 6.45) is 3.68. The number of hydrogen-bond acceptors (Lipinski definition) is 1. The lowest BCUT2D eigenvalue weighted by atomic mass is 9.80. The predicted octanol–water partition coefficient (Wildman–Crippen LogP) is 3.24. The van der Waals surface area contributed by atoms with E-state index < -0.39 is 0 Å². The number of amides is 1. The smallest absolute Gasteiger partial charge is 0.214 e. The summed E-state index contributed by atoms with van der Waals surface area (Å²) in [6, 6.07) is 4.69. The standard InChI is InChI=1S/C10H10ClF.C2H5NO/c11-10-6-8(12)4-5-9(10)7-2-1-3-7;1-2(3)4/h4-7H,1-3H2;1H3,(H2,3,4). The average molecular weight is 244 g/mol. The first-order valence-corrected chi connectivity index (χ1v) is 5.59. The van der Waals surface area contributed by atoms with Crippen molar-refractivity contribution in [1.29, 1.82) is 0 Å². The van der Waals surface area contributed by atoms with Crippen LogP contribution in [0.2, 0.25) is 5.02 Å². The summed E-state index contributed by atoms with van der Waals surface area (Å²) in [6.45, 7) is 1.31. The number of rotatable bonds is 1. The Bertz CT molecular complexity index is 373. The molecule has 1 aliphatic rings. The molecule has 1 amide bonds. The second-order valence-electron chi connectivity index (χ2n) is 3.90. The summed E-state index contributed by atoms with van der Waals surface area (Å²) < 4.78 is 12.6. The molecule has 0 aromatic heterocycles. The van der Waals surface area contributed by atoms with Gasteiger partial charge in [-0.2, -0.15) is 0 Å². The minimum atomic E-state index is -0.333. The molecule has 0 unspecified atom stereocenters. The molecule has 1 aliphatic carbocycles. The lowest BCUT2D eigenvalue weighted by molar-refractivity contribution is -0.115. The van der Waals surface area contributed by atoms with Gasteiger partial charge >= 0.3 is 0 Å². The van der Waals surface area contributed by atoms with Crippen molar-refractivity contribution in [2.24, 2.45) is 5.73 Å². The summed E-state index contributed by atoms with van der Waals surface area (Å²) in [4.78, 5) is 9.22. The van der Waals surface area contributed by atoms with Crippen LogP contribution in [-0.4, -0.2) is 5.91 Å². The largest absolute Gasteiger partial charge is 0.370 e. The molecule has 0 atom stereocenters. The second kappa shape index (κ2) is 5.85. The molecule has 0 heterocycles. The highest BCUT2D eigenvalue weighted by atomic mass is 35.5. The van der Waals surface area contributed by atoms with Crippen LogP contribution in [0.25, 0.3) is 0 Å². The zero-order valence-electron chi connectivity index (χ0n) is 9.17. The van der Waals surface area contributed by atoms with Gasteiger partial charge in [-0.15, -0.1) is 0 Å². The molecule has 2 rings (SSSR count). The number of primary amides is 1. The number of carbonyl (C=O) groups is 1. The van der Waals surface area contributed by atoms with Gasteiger partial charge in [-0.1, -0.05) is 24.1 Å². The SMILES string of the molecule is CC(N)=O.Fc1ccc(C2CCC2)c(Cl)c1. The van der Waals surface area contributed by atoms with Crippen LogP contribution in [-0.2, 0) is 4.79 Å². The van der Waals surface area contributed by atoms with Gasteiger partial charge in [0.25, 0.3) is 0 Å². The second-order valence-corrected chi connectivity index (χ2v) is 4.31. The zero-order valence-corrected chi connectivity index (χ0v) is 9.93. The number of carbonyl (C=O) groups excluding carboxylic acids is 1. The highest BCUT2D eigenvalue weighted by Gasteiger charge is 2.21. The summed E-state index contributed by atoms with van der Waals surface area (Å²) in [5.41, 5.74) is 5.59. The monoisotopic (exact) mass is 243 g/mol. The van der Waals surface area contributed by atoms with E-state index in [2.05, 4.69) is 5.73 Å². The summed E-state index contributed by atoms with van der Waals surface area (Å²) in [5.74, 6) is 0.00109. The third-order valence-electron chi connectivity index (χ3n) is 2.51. The molecule has 0 bridgehead atoms. The van der Waals surface area contributed by atoms with E-state index in [0.29, 0.717) is 10.9 Å². The van der Waals surface area contributed by atoms with Crippen molar-refractivity contribution in [3.05, 3.63) is 34.6 Å². The number of halogens is 2. The molecule has 0 saturated heterocycles. The Morgan fingerprint density at radius 2 is 2.06 bits per heavy atom. The Balaban J connectivity index is 0.000000280. The van der Waals surface area contributed by atoms with Crippen LogP contribution in [0, 0.1) is 5.82 Å².